The molecule has 7 nitrogen and oxygen atoms in total. The number of rotatable bonds is 5. The van der Waals surface area contributed by atoms with Gasteiger partial charge in [-0.15, -0.1) is 0 Å². The number of imide groups is 1. The molecule has 2 N–H and O–H groups in total. The van der Waals surface area contributed by atoms with Crippen molar-refractivity contribution in [1.82, 2.24) is 0 Å². The Bertz CT molecular complexity index is 1380. The number of anilines is 3. The van der Waals surface area contributed by atoms with E-state index in [2.05, 4.69) is 10.6 Å². The van der Waals surface area contributed by atoms with E-state index in [1.165, 1.54) is 4.90 Å². The predicted octanol–water partition coefficient (Wildman–Crippen LogP) is 5.04. The Morgan fingerprint density at radius 2 is 1.36 bits per heavy atom. The van der Waals surface area contributed by atoms with Crippen LogP contribution < -0.4 is 15.5 Å². The average molecular weight is 480 g/mol. The van der Waals surface area contributed by atoms with Gasteiger partial charge in [0.15, 0.2) is 0 Å². The van der Waals surface area contributed by atoms with E-state index in [1.807, 2.05) is 31.2 Å². The molecule has 5 rings (SSSR count). The van der Waals surface area contributed by atoms with E-state index >= 15 is 0 Å². The highest BCUT2D eigenvalue weighted by molar-refractivity contribution is 6.25. The predicted molar refractivity (Wildman–Crippen MR) is 138 cm³/mol. The molecule has 3 aromatic rings. The van der Waals surface area contributed by atoms with Crippen molar-refractivity contribution in [3.8, 4) is 0 Å². The number of benzene rings is 3. The molecular weight excluding hydrogens is 454 g/mol. The number of hydrogen-bond donors (Lipinski definition) is 2. The first kappa shape index (κ1) is 23.2. The summed E-state index contributed by atoms with van der Waals surface area (Å²) in [6, 6.07) is 22.3. The van der Waals surface area contributed by atoms with Crippen molar-refractivity contribution in [3.63, 3.8) is 0 Å². The summed E-state index contributed by atoms with van der Waals surface area (Å²) in [7, 11) is 0. The van der Waals surface area contributed by atoms with Gasteiger partial charge in [-0.3, -0.25) is 19.2 Å². The largest absolute Gasteiger partial charge is 0.322 e. The lowest BCUT2D eigenvalue weighted by molar-refractivity contribution is -0.122. The quantitative estimate of drug-likeness (QED) is 0.396. The van der Waals surface area contributed by atoms with Crippen molar-refractivity contribution in [2.24, 2.45) is 11.8 Å². The maximum absolute atomic E-state index is 13.2. The van der Waals surface area contributed by atoms with Crippen LogP contribution in [0.2, 0.25) is 0 Å². The number of fused-ring (bicyclic) bond motifs is 1. The van der Waals surface area contributed by atoms with Crippen molar-refractivity contribution in [1.29, 1.82) is 0 Å². The SMILES string of the molecule is CC1=CC[C@@H]2C(=O)N(c3ccccc3C(=O)Nc3ccc(C(=O)Nc4ccccc4)cc3)C(=O)[C@H]2C1. The molecule has 0 bridgehead atoms. The number of nitrogens with zero attached hydrogens (tertiary/aromatic N) is 1. The van der Waals surface area contributed by atoms with Gasteiger partial charge in [-0.1, -0.05) is 42.0 Å². The van der Waals surface area contributed by atoms with Crippen molar-refractivity contribution >= 4 is 40.7 Å². The highest BCUT2D eigenvalue weighted by Gasteiger charge is 2.49. The lowest BCUT2D eigenvalue weighted by Crippen LogP contribution is -2.33. The number of allylic oxidation sites excluding steroid dienone is 2. The molecule has 0 saturated carbocycles. The fourth-order valence-electron chi connectivity index (χ4n) is 4.76. The average Bonchev–Trinajstić information content (AvgIpc) is 3.13. The van der Waals surface area contributed by atoms with Crippen molar-refractivity contribution in [2.75, 3.05) is 15.5 Å². The molecule has 180 valence electrons. The van der Waals surface area contributed by atoms with Gasteiger partial charge in [0.25, 0.3) is 11.8 Å². The van der Waals surface area contributed by atoms with E-state index in [1.54, 1.807) is 60.7 Å². The van der Waals surface area contributed by atoms with Crippen LogP contribution in [0.1, 0.15) is 40.5 Å². The molecule has 7 heteroatoms. The highest BCUT2D eigenvalue weighted by Crippen LogP contribution is 2.40. The van der Waals surface area contributed by atoms with Gasteiger partial charge in [-0.05, 0) is 68.3 Å². The lowest BCUT2D eigenvalue weighted by atomic mass is 9.82. The van der Waals surface area contributed by atoms with E-state index < -0.39 is 5.91 Å². The molecule has 1 heterocycles. The van der Waals surface area contributed by atoms with Crippen LogP contribution in [0.5, 0.6) is 0 Å². The van der Waals surface area contributed by atoms with Crippen LogP contribution in [0.15, 0.2) is 90.5 Å². The molecule has 0 radical (unpaired) electrons. The van der Waals surface area contributed by atoms with Crippen LogP contribution in [-0.4, -0.2) is 23.6 Å². The Balaban J connectivity index is 1.32. The normalized spacial score (nSPS) is 18.9. The summed E-state index contributed by atoms with van der Waals surface area (Å²) in [6.45, 7) is 1.97. The van der Waals surface area contributed by atoms with E-state index in [0.717, 1.165) is 5.57 Å². The van der Waals surface area contributed by atoms with Crippen LogP contribution in [0.4, 0.5) is 17.1 Å². The van der Waals surface area contributed by atoms with E-state index in [9.17, 15) is 19.2 Å². The molecule has 3 aromatic carbocycles. The van der Waals surface area contributed by atoms with Gasteiger partial charge in [0.2, 0.25) is 11.8 Å². The van der Waals surface area contributed by atoms with Crippen molar-refractivity contribution in [3.05, 3.63) is 102 Å². The Hall–Kier alpha value is -4.52. The van der Waals surface area contributed by atoms with E-state index in [-0.39, 0.29) is 40.8 Å². The van der Waals surface area contributed by atoms with Gasteiger partial charge in [-0.2, -0.15) is 0 Å². The summed E-state index contributed by atoms with van der Waals surface area (Å²) in [5.74, 6) is -1.99. The van der Waals surface area contributed by atoms with Crippen LogP contribution in [0.25, 0.3) is 0 Å². The molecule has 1 aliphatic carbocycles. The summed E-state index contributed by atoms with van der Waals surface area (Å²) in [4.78, 5) is 53.1. The zero-order valence-corrected chi connectivity index (χ0v) is 19.7. The fourth-order valence-corrected chi connectivity index (χ4v) is 4.76. The smallest absolute Gasteiger partial charge is 0.257 e. The van der Waals surface area contributed by atoms with Crippen LogP contribution in [0, 0.1) is 11.8 Å². The maximum atomic E-state index is 13.2. The minimum atomic E-state index is -0.447. The summed E-state index contributed by atoms with van der Waals surface area (Å²) < 4.78 is 0. The van der Waals surface area contributed by atoms with Gasteiger partial charge in [0.05, 0.1) is 23.1 Å². The number of carbonyl (C=O) groups is 4. The molecule has 4 amide bonds. The topological polar surface area (TPSA) is 95.6 Å². The third-order valence-electron chi connectivity index (χ3n) is 6.65. The molecule has 0 unspecified atom stereocenters. The molecule has 2 aliphatic rings. The van der Waals surface area contributed by atoms with Gasteiger partial charge in [-0.25, -0.2) is 4.90 Å². The number of hydrogen-bond acceptors (Lipinski definition) is 4. The highest BCUT2D eigenvalue weighted by atomic mass is 16.2. The van der Waals surface area contributed by atoms with Gasteiger partial charge in [0, 0.05) is 16.9 Å². The van der Waals surface area contributed by atoms with Crippen LogP contribution in [-0.2, 0) is 9.59 Å². The van der Waals surface area contributed by atoms with Crippen LogP contribution >= 0.6 is 0 Å². The fraction of sp³-hybridized carbons (Fsp3) is 0.172. The van der Waals surface area contributed by atoms with Crippen LogP contribution in [0.3, 0.4) is 0 Å². The van der Waals surface area contributed by atoms with Crippen molar-refractivity contribution < 1.29 is 19.2 Å². The Morgan fingerprint density at radius 3 is 2.11 bits per heavy atom. The van der Waals surface area contributed by atoms with Crippen molar-refractivity contribution in [2.45, 2.75) is 19.8 Å². The minimum absolute atomic E-state index is 0.230. The second kappa shape index (κ2) is 9.62. The lowest BCUT2D eigenvalue weighted by Gasteiger charge is -2.19. The number of nitrogens with one attached hydrogen (secondary N) is 2. The summed E-state index contributed by atoms with van der Waals surface area (Å²) >= 11 is 0. The monoisotopic (exact) mass is 479 g/mol. The standard InChI is InChI=1S/C29H25N3O4/c1-18-11-16-22-24(17-18)29(36)32(28(22)35)25-10-6-5-9-23(25)27(34)31-21-14-12-19(13-15-21)26(33)30-20-7-3-2-4-8-20/h2-15,22,24H,16-17H2,1H3,(H,30,33)(H,31,34)/t22-,24-/m0/s1. The summed E-state index contributed by atoms with van der Waals surface area (Å²) in [5, 5.41) is 5.62. The zero-order valence-electron chi connectivity index (χ0n) is 19.7. The zero-order chi connectivity index (χ0) is 25.2. The maximum Gasteiger partial charge on any atom is 0.257 e. The van der Waals surface area contributed by atoms with E-state index in [0.29, 0.717) is 29.8 Å². The first-order valence-corrected chi connectivity index (χ1v) is 11.8. The molecule has 36 heavy (non-hydrogen) atoms. The Labute approximate surface area is 208 Å². The van der Waals surface area contributed by atoms with Gasteiger partial charge in [0.1, 0.15) is 0 Å². The minimum Gasteiger partial charge on any atom is -0.322 e. The molecule has 1 fully saturated rings. The summed E-state index contributed by atoms with van der Waals surface area (Å²) in [5.41, 5.74) is 3.24. The number of para-hydroxylation sites is 2. The molecular formula is C29H25N3O4. The molecule has 1 saturated heterocycles. The second-order valence-electron chi connectivity index (χ2n) is 9.08. The summed E-state index contributed by atoms with van der Waals surface area (Å²) in [6.07, 6.45) is 3.11. The second-order valence-corrected chi connectivity index (χ2v) is 9.08. The molecule has 1 aliphatic heterocycles. The third kappa shape index (κ3) is 4.43. The van der Waals surface area contributed by atoms with E-state index in [4.69, 9.17) is 0 Å². The first-order valence-electron chi connectivity index (χ1n) is 11.8. The third-order valence-corrected chi connectivity index (χ3v) is 6.65. The number of amides is 4. The Morgan fingerprint density at radius 1 is 0.750 bits per heavy atom. The molecule has 0 spiro atoms. The van der Waals surface area contributed by atoms with Gasteiger partial charge >= 0.3 is 0 Å². The van der Waals surface area contributed by atoms with Gasteiger partial charge < -0.3 is 10.6 Å². The number of carbonyl (C=O) groups excluding carboxylic acids is 4. The molecule has 0 aromatic heterocycles. The first-order chi connectivity index (χ1) is 17.4. The Kier molecular flexibility index (Phi) is 6.21. The molecule has 2 atom stereocenters.